The summed E-state index contributed by atoms with van der Waals surface area (Å²) in [5.41, 5.74) is -0.439. The monoisotopic (exact) mass is 570 g/mol. The Morgan fingerprint density at radius 2 is 1.34 bits per heavy atom. The fourth-order valence-corrected chi connectivity index (χ4v) is 6.66. The van der Waals surface area contributed by atoms with Crippen molar-refractivity contribution in [3.05, 3.63) is 69.2 Å². The molecule has 2 heterocycles. The lowest BCUT2D eigenvalue weighted by Gasteiger charge is -2.14. The van der Waals surface area contributed by atoms with Gasteiger partial charge in [-0.15, -0.1) is 11.3 Å². The minimum atomic E-state index is -0.220. The number of fused-ring (bicyclic) bond motifs is 2. The van der Waals surface area contributed by atoms with Crippen LogP contribution < -0.4 is 21.8 Å². The van der Waals surface area contributed by atoms with Gasteiger partial charge in [-0.1, -0.05) is 49.9 Å². The summed E-state index contributed by atoms with van der Waals surface area (Å²) in [6.07, 6.45) is 8.55. The van der Waals surface area contributed by atoms with Crippen LogP contribution in [-0.2, 0) is 11.3 Å². The number of benzene rings is 3. The zero-order valence-corrected chi connectivity index (χ0v) is 23.9. The summed E-state index contributed by atoms with van der Waals surface area (Å²) in [7, 11) is 0. The van der Waals surface area contributed by atoms with Crippen LogP contribution in [-0.4, -0.2) is 36.3 Å². The van der Waals surface area contributed by atoms with Gasteiger partial charge in [-0.2, -0.15) is 0 Å². The van der Waals surface area contributed by atoms with Gasteiger partial charge in [0.15, 0.2) is 0 Å². The standard InChI is InChI=1S/C32H34N4O4S/c37-21-33-17-7-1-2-8-18-34-32(40)35-19-9-3-4-10-20-36-30(38)24-14-13-23-22-11-5-6-12-26(22)41-27-16-15-25(31(36)39)28(24)29(23)27/h5-6,11-16H,1-4,7-10,17-20H2,(H2,34,35,40). The Bertz CT molecular complexity index is 1800. The number of amides is 2. The summed E-state index contributed by atoms with van der Waals surface area (Å²) >= 11 is 1.68. The van der Waals surface area contributed by atoms with Crippen LogP contribution in [0.3, 0.4) is 0 Å². The normalized spacial score (nSPS) is 11.4. The van der Waals surface area contributed by atoms with Gasteiger partial charge in [0.05, 0.1) is 6.54 Å². The van der Waals surface area contributed by atoms with Gasteiger partial charge in [0.2, 0.25) is 6.08 Å². The van der Waals surface area contributed by atoms with E-state index in [0.717, 1.165) is 77.6 Å². The molecule has 0 bridgehead atoms. The minimum Gasteiger partial charge on any atom is -0.338 e. The molecule has 0 atom stereocenters. The number of unbranched alkanes of at least 4 members (excludes halogenated alkanes) is 6. The van der Waals surface area contributed by atoms with E-state index in [1.54, 1.807) is 11.3 Å². The molecule has 212 valence electrons. The van der Waals surface area contributed by atoms with Crippen LogP contribution in [0.1, 0.15) is 51.4 Å². The number of nitrogens with zero attached hydrogens (tertiary/aromatic N) is 2. The molecule has 5 aromatic rings. The molecular formula is C32H34N4O4S. The van der Waals surface area contributed by atoms with E-state index in [0.29, 0.717) is 37.0 Å². The van der Waals surface area contributed by atoms with E-state index < -0.39 is 0 Å². The third-order valence-electron chi connectivity index (χ3n) is 7.61. The van der Waals surface area contributed by atoms with Crippen molar-refractivity contribution in [2.75, 3.05) is 19.6 Å². The Kier molecular flexibility index (Phi) is 9.39. The number of hydrogen-bond donors (Lipinski definition) is 2. The van der Waals surface area contributed by atoms with Crippen molar-refractivity contribution in [3.63, 3.8) is 0 Å². The first-order chi connectivity index (χ1) is 20.1. The Morgan fingerprint density at radius 1 is 0.707 bits per heavy atom. The molecule has 0 radical (unpaired) electrons. The summed E-state index contributed by atoms with van der Waals surface area (Å²) in [5, 5.41) is 10.9. The van der Waals surface area contributed by atoms with E-state index in [9.17, 15) is 19.2 Å². The number of hydrogen-bond acceptors (Lipinski definition) is 6. The summed E-state index contributed by atoms with van der Waals surface area (Å²) in [6.45, 7) is 2.10. The van der Waals surface area contributed by atoms with Crippen molar-refractivity contribution in [1.29, 1.82) is 0 Å². The van der Waals surface area contributed by atoms with Crippen LogP contribution in [0.25, 0.3) is 41.7 Å². The fraction of sp³-hybridized carbons (Fsp3) is 0.375. The third-order valence-corrected chi connectivity index (χ3v) is 8.75. The van der Waals surface area contributed by atoms with Crippen LogP contribution in [0, 0.1) is 0 Å². The number of carbonyl (C=O) groups is 1. The lowest BCUT2D eigenvalue weighted by atomic mass is 9.97. The molecular weight excluding hydrogens is 536 g/mol. The molecule has 5 rings (SSSR count). The van der Waals surface area contributed by atoms with Crippen molar-refractivity contribution >= 4 is 65.2 Å². The highest BCUT2D eigenvalue weighted by molar-refractivity contribution is 7.25. The van der Waals surface area contributed by atoms with Gasteiger partial charge >= 0.3 is 6.03 Å². The highest BCUT2D eigenvalue weighted by Crippen LogP contribution is 2.39. The first-order valence-electron chi connectivity index (χ1n) is 14.4. The first-order valence-corrected chi connectivity index (χ1v) is 15.2. The van der Waals surface area contributed by atoms with Gasteiger partial charge in [0.1, 0.15) is 0 Å². The average molecular weight is 571 g/mol. The zero-order valence-electron chi connectivity index (χ0n) is 23.0. The molecule has 9 heteroatoms. The van der Waals surface area contributed by atoms with Gasteiger partial charge < -0.3 is 10.6 Å². The van der Waals surface area contributed by atoms with E-state index in [1.807, 2.05) is 36.4 Å². The second kappa shape index (κ2) is 13.5. The molecule has 41 heavy (non-hydrogen) atoms. The summed E-state index contributed by atoms with van der Waals surface area (Å²) < 4.78 is 3.65. The molecule has 3 aromatic carbocycles. The number of pyridine rings is 1. The summed E-state index contributed by atoms with van der Waals surface area (Å²) in [5.74, 6) is 0. The van der Waals surface area contributed by atoms with Crippen molar-refractivity contribution in [2.45, 2.75) is 57.9 Å². The maximum Gasteiger partial charge on any atom is 0.314 e. The molecule has 0 spiro atoms. The van der Waals surface area contributed by atoms with E-state index >= 15 is 0 Å². The quantitative estimate of drug-likeness (QED) is 0.0555. The predicted octanol–water partition coefficient (Wildman–Crippen LogP) is 6.08. The number of aromatic nitrogens is 1. The zero-order chi connectivity index (χ0) is 28.6. The number of urea groups is 1. The van der Waals surface area contributed by atoms with Crippen LogP contribution in [0.15, 0.2) is 63.1 Å². The highest BCUT2D eigenvalue weighted by atomic mass is 32.1. The largest absolute Gasteiger partial charge is 0.338 e. The predicted molar refractivity (Wildman–Crippen MR) is 167 cm³/mol. The van der Waals surface area contributed by atoms with Crippen molar-refractivity contribution in [2.24, 2.45) is 4.99 Å². The molecule has 2 amide bonds. The third kappa shape index (κ3) is 6.32. The Balaban J connectivity index is 1.12. The second-order valence-electron chi connectivity index (χ2n) is 10.4. The molecule has 0 fully saturated rings. The van der Waals surface area contributed by atoms with Crippen LogP contribution >= 0.6 is 11.3 Å². The second-order valence-corrected chi connectivity index (χ2v) is 11.4. The van der Waals surface area contributed by atoms with Crippen molar-refractivity contribution < 1.29 is 9.59 Å². The van der Waals surface area contributed by atoms with E-state index in [-0.39, 0.29) is 17.1 Å². The Labute approximate surface area is 241 Å². The molecule has 0 saturated carbocycles. The number of rotatable bonds is 14. The van der Waals surface area contributed by atoms with Gasteiger partial charge in [-0.05, 0) is 60.7 Å². The van der Waals surface area contributed by atoms with Gasteiger partial charge in [-0.25, -0.2) is 14.6 Å². The topological polar surface area (TPSA) is 110 Å². The molecule has 0 aliphatic heterocycles. The van der Waals surface area contributed by atoms with Gasteiger partial charge in [-0.3, -0.25) is 14.2 Å². The first kappa shape index (κ1) is 28.5. The summed E-state index contributed by atoms with van der Waals surface area (Å²) in [6, 6.07) is 15.9. The maximum absolute atomic E-state index is 13.4. The SMILES string of the molecule is O=C=NCCCCCCNC(=O)NCCCCCCn1c(=O)c2ccc3sc4ccccc4c4ccc(c1=O)c2c34. The average Bonchev–Trinajstić information content (AvgIpc) is 2.99. The Morgan fingerprint density at radius 3 is 2.07 bits per heavy atom. The molecule has 8 nitrogen and oxygen atoms in total. The van der Waals surface area contributed by atoms with Crippen molar-refractivity contribution in [3.8, 4) is 0 Å². The fourth-order valence-electron chi connectivity index (χ4n) is 5.54. The maximum atomic E-state index is 13.4. The molecule has 2 N–H and O–H groups in total. The Hall–Kier alpha value is -4.07. The number of aliphatic imine (C=N–C) groups is 1. The number of nitrogens with one attached hydrogen (secondary N) is 2. The van der Waals surface area contributed by atoms with Gasteiger partial charge in [0, 0.05) is 50.6 Å². The van der Waals surface area contributed by atoms with E-state index in [4.69, 9.17) is 0 Å². The van der Waals surface area contributed by atoms with Crippen molar-refractivity contribution in [1.82, 2.24) is 15.2 Å². The number of carbonyl (C=O) groups excluding carboxylic acids is 2. The van der Waals surface area contributed by atoms with Crippen LogP contribution in [0.4, 0.5) is 4.79 Å². The van der Waals surface area contributed by atoms with Gasteiger partial charge in [0.25, 0.3) is 11.1 Å². The lowest BCUT2D eigenvalue weighted by Crippen LogP contribution is -2.36. The smallest absolute Gasteiger partial charge is 0.314 e. The minimum absolute atomic E-state index is 0.166. The van der Waals surface area contributed by atoms with E-state index in [2.05, 4.69) is 27.8 Å². The molecule has 0 saturated heterocycles. The molecule has 0 aliphatic rings. The molecule has 2 aromatic heterocycles. The lowest BCUT2D eigenvalue weighted by molar-refractivity contribution is 0.240. The summed E-state index contributed by atoms with van der Waals surface area (Å²) in [4.78, 5) is 52.3. The molecule has 0 unspecified atom stereocenters. The van der Waals surface area contributed by atoms with E-state index in [1.165, 1.54) is 15.3 Å². The van der Waals surface area contributed by atoms with Crippen LogP contribution in [0.2, 0.25) is 0 Å². The van der Waals surface area contributed by atoms with Crippen LogP contribution in [0.5, 0.6) is 0 Å². The molecule has 0 aliphatic carbocycles. The number of isocyanates is 1. The highest BCUT2D eigenvalue weighted by Gasteiger charge is 2.18.